The molecule has 1 aliphatic heterocycles. The topological polar surface area (TPSA) is 49.8 Å². The fourth-order valence-electron chi connectivity index (χ4n) is 2.77. The summed E-state index contributed by atoms with van der Waals surface area (Å²) >= 11 is 0. The first-order valence-electron chi connectivity index (χ1n) is 7.64. The standard InChI is InChI=1S/C16H24N4O.HI/c1-16(2)10-13(16)19-15(17-3)20-9-7-12(11-20)21-14-6-4-5-8-18-14;/h4-6,8,12-13H,7,9-11H2,1-3H3,(H,17,19);1H. The van der Waals surface area contributed by atoms with E-state index in [1.54, 1.807) is 6.20 Å². The third-order valence-corrected chi connectivity index (χ3v) is 4.40. The quantitative estimate of drug-likeness (QED) is 0.468. The lowest BCUT2D eigenvalue weighted by molar-refractivity contribution is 0.205. The maximum atomic E-state index is 5.93. The summed E-state index contributed by atoms with van der Waals surface area (Å²) in [4.78, 5) is 10.9. The van der Waals surface area contributed by atoms with Crippen LogP contribution in [0, 0.1) is 5.41 Å². The zero-order valence-corrected chi connectivity index (χ0v) is 15.8. The monoisotopic (exact) mass is 416 g/mol. The highest BCUT2D eigenvalue weighted by atomic mass is 127. The lowest BCUT2D eigenvalue weighted by Crippen LogP contribution is -2.42. The molecule has 6 heteroatoms. The van der Waals surface area contributed by atoms with Crippen molar-refractivity contribution in [3.8, 4) is 5.88 Å². The molecule has 122 valence electrons. The van der Waals surface area contributed by atoms with Gasteiger partial charge >= 0.3 is 0 Å². The molecule has 0 spiro atoms. The van der Waals surface area contributed by atoms with Crippen LogP contribution in [0.4, 0.5) is 0 Å². The Morgan fingerprint density at radius 1 is 1.45 bits per heavy atom. The van der Waals surface area contributed by atoms with Crippen LogP contribution in [0.25, 0.3) is 0 Å². The Morgan fingerprint density at radius 2 is 2.23 bits per heavy atom. The molecule has 3 rings (SSSR count). The van der Waals surface area contributed by atoms with E-state index in [4.69, 9.17) is 4.74 Å². The van der Waals surface area contributed by atoms with Gasteiger partial charge in [0.05, 0.1) is 6.54 Å². The predicted molar refractivity (Wildman–Crippen MR) is 98.9 cm³/mol. The minimum absolute atomic E-state index is 0. The molecule has 0 amide bonds. The van der Waals surface area contributed by atoms with E-state index < -0.39 is 0 Å². The SMILES string of the molecule is CN=C(NC1CC1(C)C)N1CCC(Oc2ccccn2)C1.I. The number of nitrogens with one attached hydrogen (secondary N) is 1. The van der Waals surface area contributed by atoms with Crippen molar-refractivity contribution in [2.45, 2.75) is 38.8 Å². The Balaban J connectivity index is 0.00000176. The van der Waals surface area contributed by atoms with Gasteiger partial charge in [-0.05, 0) is 17.9 Å². The number of hydrogen-bond acceptors (Lipinski definition) is 3. The number of guanidine groups is 1. The van der Waals surface area contributed by atoms with Crippen molar-refractivity contribution < 1.29 is 4.74 Å². The summed E-state index contributed by atoms with van der Waals surface area (Å²) in [7, 11) is 1.85. The smallest absolute Gasteiger partial charge is 0.213 e. The molecular weight excluding hydrogens is 391 g/mol. The summed E-state index contributed by atoms with van der Waals surface area (Å²) in [6.45, 7) is 6.41. The number of ether oxygens (including phenoxy) is 1. The van der Waals surface area contributed by atoms with Crippen molar-refractivity contribution in [3.05, 3.63) is 24.4 Å². The Morgan fingerprint density at radius 3 is 2.82 bits per heavy atom. The lowest BCUT2D eigenvalue weighted by Gasteiger charge is -2.22. The van der Waals surface area contributed by atoms with Crippen LogP contribution >= 0.6 is 24.0 Å². The molecule has 1 aliphatic carbocycles. The van der Waals surface area contributed by atoms with Gasteiger partial charge in [0.1, 0.15) is 6.10 Å². The van der Waals surface area contributed by atoms with Gasteiger partial charge in [-0.3, -0.25) is 4.99 Å². The van der Waals surface area contributed by atoms with Crippen molar-refractivity contribution >= 4 is 29.9 Å². The zero-order valence-electron chi connectivity index (χ0n) is 13.5. The number of halogens is 1. The van der Waals surface area contributed by atoms with Crippen LogP contribution in [0.2, 0.25) is 0 Å². The van der Waals surface area contributed by atoms with Crippen molar-refractivity contribution in [1.82, 2.24) is 15.2 Å². The second-order valence-corrected chi connectivity index (χ2v) is 6.58. The first-order chi connectivity index (χ1) is 10.1. The number of likely N-dealkylation sites (tertiary alicyclic amines) is 1. The summed E-state index contributed by atoms with van der Waals surface area (Å²) in [5.41, 5.74) is 0.402. The Labute approximate surface area is 149 Å². The Hall–Kier alpha value is -1.05. The van der Waals surface area contributed by atoms with Gasteiger partial charge in [-0.15, -0.1) is 24.0 Å². The molecule has 2 fully saturated rings. The summed E-state index contributed by atoms with van der Waals surface area (Å²) in [6.07, 6.45) is 4.17. The average molecular weight is 416 g/mol. The van der Waals surface area contributed by atoms with Gasteiger partial charge in [-0.2, -0.15) is 0 Å². The molecule has 0 radical (unpaired) electrons. The molecule has 0 aromatic carbocycles. The van der Waals surface area contributed by atoms with Gasteiger partial charge in [0.2, 0.25) is 5.88 Å². The van der Waals surface area contributed by atoms with Crippen LogP contribution in [0.5, 0.6) is 5.88 Å². The fraction of sp³-hybridized carbons (Fsp3) is 0.625. The molecule has 1 saturated carbocycles. The molecular formula is C16H25IN4O. The second kappa shape index (κ2) is 7.02. The third kappa shape index (κ3) is 4.02. The number of hydrogen-bond donors (Lipinski definition) is 1. The normalized spacial score (nSPS) is 26.3. The highest BCUT2D eigenvalue weighted by Gasteiger charge is 2.46. The molecule has 2 unspecified atom stereocenters. The number of rotatable bonds is 3. The van der Waals surface area contributed by atoms with Crippen LogP contribution in [0.15, 0.2) is 29.4 Å². The molecule has 1 N–H and O–H groups in total. The molecule has 0 bridgehead atoms. The van der Waals surface area contributed by atoms with E-state index in [0.717, 1.165) is 25.5 Å². The van der Waals surface area contributed by atoms with E-state index in [9.17, 15) is 0 Å². The van der Waals surface area contributed by atoms with Gasteiger partial charge in [0.15, 0.2) is 5.96 Å². The van der Waals surface area contributed by atoms with Gasteiger partial charge in [0, 0.05) is 38.3 Å². The molecule has 5 nitrogen and oxygen atoms in total. The second-order valence-electron chi connectivity index (χ2n) is 6.58. The fourth-order valence-corrected chi connectivity index (χ4v) is 2.77. The Kier molecular flexibility index (Phi) is 5.52. The van der Waals surface area contributed by atoms with E-state index >= 15 is 0 Å². The lowest BCUT2D eigenvalue weighted by atomic mass is 10.2. The zero-order chi connectivity index (χ0) is 14.9. The molecule has 2 heterocycles. The summed E-state index contributed by atoms with van der Waals surface area (Å²) < 4.78 is 5.93. The highest BCUT2D eigenvalue weighted by molar-refractivity contribution is 14.0. The van der Waals surface area contributed by atoms with Crippen LogP contribution in [-0.2, 0) is 0 Å². The van der Waals surface area contributed by atoms with Gasteiger partial charge in [0.25, 0.3) is 0 Å². The first-order valence-corrected chi connectivity index (χ1v) is 7.64. The van der Waals surface area contributed by atoms with Crippen molar-refractivity contribution in [1.29, 1.82) is 0 Å². The van der Waals surface area contributed by atoms with E-state index in [0.29, 0.717) is 17.3 Å². The predicted octanol–water partition coefficient (Wildman–Crippen LogP) is 2.53. The van der Waals surface area contributed by atoms with Crippen LogP contribution in [-0.4, -0.2) is 48.1 Å². The van der Waals surface area contributed by atoms with Crippen LogP contribution in [0.1, 0.15) is 26.7 Å². The molecule has 1 saturated heterocycles. The molecule has 2 atom stereocenters. The number of aliphatic imine (C=N–C) groups is 1. The maximum Gasteiger partial charge on any atom is 0.213 e. The average Bonchev–Trinajstić information content (AvgIpc) is 2.86. The van der Waals surface area contributed by atoms with Crippen molar-refractivity contribution in [3.63, 3.8) is 0 Å². The van der Waals surface area contributed by atoms with E-state index in [-0.39, 0.29) is 30.1 Å². The molecule has 1 aromatic heterocycles. The first kappa shape index (κ1) is 17.3. The maximum absolute atomic E-state index is 5.93. The Bertz CT molecular complexity index is 520. The summed E-state index contributed by atoms with van der Waals surface area (Å²) in [6, 6.07) is 6.30. The van der Waals surface area contributed by atoms with E-state index in [1.807, 2.05) is 25.2 Å². The molecule has 1 aromatic rings. The summed E-state index contributed by atoms with van der Waals surface area (Å²) in [5, 5.41) is 3.56. The van der Waals surface area contributed by atoms with Gasteiger partial charge < -0.3 is 15.0 Å². The van der Waals surface area contributed by atoms with Crippen LogP contribution in [0.3, 0.4) is 0 Å². The minimum atomic E-state index is 0. The third-order valence-electron chi connectivity index (χ3n) is 4.40. The van der Waals surface area contributed by atoms with E-state index in [1.165, 1.54) is 6.42 Å². The van der Waals surface area contributed by atoms with Crippen molar-refractivity contribution in [2.24, 2.45) is 10.4 Å². The largest absolute Gasteiger partial charge is 0.472 e. The van der Waals surface area contributed by atoms with Crippen LogP contribution < -0.4 is 10.1 Å². The number of nitrogens with zero attached hydrogens (tertiary/aromatic N) is 3. The summed E-state index contributed by atoms with van der Waals surface area (Å²) in [5.74, 6) is 1.70. The molecule has 22 heavy (non-hydrogen) atoms. The van der Waals surface area contributed by atoms with Crippen molar-refractivity contribution in [2.75, 3.05) is 20.1 Å². The van der Waals surface area contributed by atoms with E-state index in [2.05, 4.69) is 34.0 Å². The molecule has 2 aliphatic rings. The number of aromatic nitrogens is 1. The number of pyridine rings is 1. The van der Waals surface area contributed by atoms with Gasteiger partial charge in [-0.1, -0.05) is 19.9 Å². The minimum Gasteiger partial charge on any atom is -0.472 e. The highest BCUT2D eigenvalue weighted by Crippen LogP contribution is 2.44. The van der Waals surface area contributed by atoms with Gasteiger partial charge in [-0.25, -0.2) is 4.98 Å².